The van der Waals surface area contributed by atoms with Gasteiger partial charge in [0.2, 0.25) is 5.91 Å². The number of amides is 1. The Bertz CT molecular complexity index is 534. The molecule has 1 aromatic carbocycles. The van der Waals surface area contributed by atoms with Crippen molar-refractivity contribution in [2.45, 2.75) is 25.4 Å². The molecule has 2 fully saturated rings. The third-order valence-electron chi connectivity index (χ3n) is 4.55. The number of fused-ring (bicyclic) bond motifs is 1. The highest BCUT2D eigenvalue weighted by molar-refractivity contribution is 6.31. The number of rotatable bonds is 2. The molecule has 1 saturated carbocycles. The molecule has 1 aliphatic heterocycles. The van der Waals surface area contributed by atoms with Crippen molar-refractivity contribution in [3.8, 4) is 5.75 Å². The molecule has 3 rings (SSSR count). The number of aliphatic hydroxyl groups excluding tert-OH is 1. The van der Waals surface area contributed by atoms with Gasteiger partial charge in [0.25, 0.3) is 0 Å². The quantitative estimate of drug-likeness (QED) is 0.875. The minimum atomic E-state index is -0.255. The van der Waals surface area contributed by atoms with E-state index in [-0.39, 0.29) is 30.1 Å². The van der Waals surface area contributed by atoms with Gasteiger partial charge < -0.3 is 15.1 Å². The normalized spacial score (nSPS) is 28.7. The molecule has 0 bridgehead atoms. The van der Waals surface area contributed by atoms with E-state index in [0.29, 0.717) is 17.5 Å². The van der Waals surface area contributed by atoms with Crippen LogP contribution in [0.25, 0.3) is 0 Å². The fourth-order valence-corrected chi connectivity index (χ4v) is 3.64. The number of aromatic hydroxyl groups is 1. The molecule has 3 atom stereocenters. The van der Waals surface area contributed by atoms with Crippen molar-refractivity contribution in [1.29, 1.82) is 0 Å². The Morgan fingerprint density at radius 3 is 2.85 bits per heavy atom. The predicted molar refractivity (Wildman–Crippen MR) is 75.6 cm³/mol. The average molecular weight is 296 g/mol. The number of hydrogen-bond donors (Lipinski definition) is 2. The lowest BCUT2D eigenvalue weighted by atomic mass is 10.00. The van der Waals surface area contributed by atoms with E-state index in [1.54, 1.807) is 6.07 Å². The number of carbonyl (C=O) groups excluding carboxylic acids is 1. The maximum absolute atomic E-state index is 12.3. The number of hydrogen-bond acceptors (Lipinski definition) is 3. The number of halogens is 1. The molecule has 20 heavy (non-hydrogen) atoms. The van der Waals surface area contributed by atoms with Crippen LogP contribution in [-0.2, 0) is 11.2 Å². The number of phenols is 1. The molecule has 3 unspecified atom stereocenters. The van der Waals surface area contributed by atoms with Gasteiger partial charge in [0.15, 0.2) is 0 Å². The van der Waals surface area contributed by atoms with Gasteiger partial charge in [0.05, 0.1) is 12.5 Å². The van der Waals surface area contributed by atoms with Crippen LogP contribution in [-0.4, -0.2) is 40.2 Å². The zero-order chi connectivity index (χ0) is 14.3. The number of phenolic OH excluding ortho intramolecular Hbond substituents is 1. The first-order chi connectivity index (χ1) is 9.54. The highest BCUT2D eigenvalue weighted by Gasteiger charge is 2.43. The van der Waals surface area contributed by atoms with Gasteiger partial charge in [-0.2, -0.15) is 0 Å². The number of nitrogens with zero attached hydrogens (tertiary/aromatic N) is 1. The Labute approximate surface area is 123 Å². The summed E-state index contributed by atoms with van der Waals surface area (Å²) in [6.07, 6.45) is 1.86. The van der Waals surface area contributed by atoms with Crippen LogP contribution in [0.1, 0.15) is 18.4 Å². The number of carbonyl (C=O) groups is 1. The van der Waals surface area contributed by atoms with E-state index in [2.05, 4.69) is 0 Å². The lowest BCUT2D eigenvalue weighted by Gasteiger charge is -2.18. The van der Waals surface area contributed by atoms with Gasteiger partial charge in [0, 0.05) is 24.0 Å². The van der Waals surface area contributed by atoms with Crippen molar-refractivity contribution in [3.63, 3.8) is 0 Å². The highest BCUT2D eigenvalue weighted by atomic mass is 35.5. The van der Waals surface area contributed by atoms with Crippen LogP contribution >= 0.6 is 11.6 Å². The molecular weight excluding hydrogens is 278 g/mol. The second-order valence-corrected chi connectivity index (χ2v) is 6.23. The molecular formula is C15H18ClNO3. The highest BCUT2D eigenvalue weighted by Crippen LogP contribution is 2.38. The van der Waals surface area contributed by atoms with E-state index in [9.17, 15) is 15.0 Å². The van der Waals surface area contributed by atoms with Crippen molar-refractivity contribution in [1.82, 2.24) is 4.90 Å². The first-order valence-corrected chi connectivity index (χ1v) is 7.35. The van der Waals surface area contributed by atoms with Crippen LogP contribution in [0.5, 0.6) is 5.75 Å². The fraction of sp³-hybridized carbons (Fsp3) is 0.533. The van der Waals surface area contributed by atoms with Crippen molar-refractivity contribution in [2.75, 3.05) is 13.1 Å². The van der Waals surface area contributed by atoms with Crippen molar-refractivity contribution < 1.29 is 15.0 Å². The Kier molecular flexibility index (Phi) is 3.61. The van der Waals surface area contributed by atoms with Gasteiger partial charge in [-0.1, -0.05) is 17.7 Å². The van der Waals surface area contributed by atoms with Crippen LogP contribution < -0.4 is 0 Å². The lowest BCUT2D eigenvalue weighted by Crippen LogP contribution is -2.32. The third-order valence-corrected chi connectivity index (χ3v) is 4.90. The van der Waals surface area contributed by atoms with Gasteiger partial charge in [-0.3, -0.25) is 4.79 Å². The van der Waals surface area contributed by atoms with Crippen LogP contribution in [0, 0.1) is 11.8 Å². The second-order valence-electron chi connectivity index (χ2n) is 5.82. The summed E-state index contributed by atoms with van der Waals surface area (Å²) in [6.45, 7) is 1.40. The number of aliphatic hydroxyl groups is 1. The molecule has 2 aliphatic rings. The first kappa shape index (κ1) is 13.7. The first-order valence-electron chi connectivity index (χ1n) is 6.98. The van der Waals surface area contributed by atoms with E-state index in [1.807, 2.05) is 4.90 Å². The molecule has 1 amide bonds. The van der Waals surface area contributed by atoms with Crippen LogP contribution in [0.15, 0.2) is 18.2 Å². The van der Waals surface area contributed by atoms with Gasteiger partial charge in [-0.25, -0.2) is 0 Å². The predicted octanol–water partition coefficient (Wildman–Crippen LogP) is 1.82. The molecule has 0 spiro atoms. The van der Waals surface area contributed by atoms with E-state index in [1.165, 1.54) is 12.1 Å². The average Bonchev–Trinajstić information content (AvgIpc) is 2.96. The molecule has 2 N–H and O–H groups in total. The van der Waals surface area contributed by atoms with Gasteiger partial charge in [-0.05, 0) is 36.5 Å². The smallest absolute Gasteiger partial charge is 0.227 e. The van der Waals surface area contributed by atoms with E-state index in [0.717, 1.165) is 24.9 Å². The monoisotopic (exact) mass is 295 g/mol. The molecule has 1 aliphatic carbocycles. The SMILES string of the molecule is O=C(Cc1ccc(O)cc1Cl)N1CC2CCC(O)C2C1. The van der Waals surface area contributed by atoms with Crippen LogP contribution in [0.3, 0.4) is 0 Å². The van der Waals surface area contributed by atoms with E-state index >= 15 is 0 Å². The Balaban J connectivity index is 1.66. The minimum absolute atomic E-state index is 0.0409. The van der Waals surface area contributed by atoms with Crippen molar-refractivity contribution in [3.05, 3.63) is 28.8 Å². The summed E-state index contributed by atoms with van der Waals surface area (Å²) in [4.78, 5) is 14.1. The summed E-state index contributed by atoms with van der Waals surface area (Å²) in [5.74, 6) is 0.836. The van der Waals surface area contributed by atoms with Crippen LogP contribution in [0.4, 0.5) is 0 Å². The molecule has 0 aromatic heterocycles. The molecule has 1 aromatic rings. The maximum Gasteiger partial charge on any atom is 0.227 e. The Hall–Kier alpha value is -1.26. The van der Waals surface area contributed by atoms with E-state index in [4.69, 9.17) is 11.6 Å². The summed E-state index contributed by atoms with van der Waals surface area (Å²) in [7, 11) is 0. The number of benzene rings is 1. The standard InChI is InChI=1S/C15H18ClNO3/c16-13-6-11(18)3-1-9(13)5-15(20)17-7-10-2-4-14(19)12(10)8-17/h1,3,6,10,12,14,18-19H,2,4-5,7-8H2. The van der Waals surface area contributed by atoms with Gasteiger partial charge in [0.1, 0.15) is 5.75 Å². The summed E-state index contributed by atoms with van der Waals surface area (Å²) in [6, 6.07) is 4.67. The molecule has 0 radical (unpaired) electrons. The number of likely N-dealkylation sites (tertiary alicyclic amines) is 1. The van der Waals surface area contributed by atoms with Crippen molar-refractivity contribution in [2.24, 2.45) is 11.8 Å². The lowest BCUT2D eigenvalue weighted by molar-refractivity contribution is -0.129. The minimum Gasteiger partial charge on any atom is -0.508 e. The molecule has 5 heteroatoms. The third kappa shape index (κ3) is 2.50. The maximum atomic E-state index is 12.3. The second kappa shape index (κ2) is 5.26. The Morgan fingerprint density at radius 2 is 2.15 bits per heavy atom. The molecule has 1 saturated heterocycles. The van der Waals surface area contributed by atoms with Gasteiger partial charge in [-0.15, -0.1) is 0 Å². The zero-order valence-electron chi connectivity index (χ0n) is 11.1. The summed E-state index contributed by atoms with van der Waals surface area (Å²) < 4.78 is 0. The van der Waals surface area contributed by atoms with Crippen molar-refractivity contribution >= 4 is 17.5 Å². The molecule has 1 heterocycles. The topological polar surface area (TPSA) is 60.8 Å². The fourth-order valence-electron chi connectivity index (χ4n) is 3.39. The van der Waals surface area contributed by atoms with Gasteiger partial charge >= 0.3 is 0 Å². The summed E-state index contributed by atoms with van der Waals surface area (Å²) in [5.41, 5.74) is 0.729. The van der Waals surface area contributed by atoms with E-state index < -0.39 is 0 Å². The summed E-state index contributed by atoms with van der Waals surface area (Å²) >= 11 is 6.03. The van der Waals surface area contributed by atoms with Crippen LogP contribution in [0.2, 0.25) is 5.02 Å². The largest absolute Gasteiger partial charge is 0.508 e. The molecule has 4 nitrogen and oxygen atoms in total. The summed E-state index contributed by atoms with van der Waals surface area (Å²) in [5, 5.41) is 19.6. The Morgan fingerprint density at radius 1 is 1.35 bits per heavy atom. The molecule has 108 valence electrons. The zero-order valence-corrected chi connectivity index (χ0v) is 11.9.